The fourth-order valence-corrected chi connectivity index (χ4v) is 3.70. The molecule has 4 nitrogen and oxygen atoms in total. The van der Waals surface area contributed by atoms with E-state index in [4.69, 9.17) is 0 Å². The molecule has 1 rings (SSSR count). The SMILES string of the molecule is CCN(C(C)C)S(=O)(=O)c1ccc(CNC(C)C)cc1. The summed E-state index contributed by atoms with van der Waals surface area (Å²) in [5, 5.41) is 3.31. The van der Waals surface area contributed by atoms with Crippen LogP contribution >= 0.6 is 0 Å². The van der Waals surface area contributed by atoms with E-state index in [0.29, 0.717) is 17.5 Å². The van der Waals surface area contributed by atoms with Crippen LogP contribution in [0.2, 0.25) is 0 Å². The molecule has 0 amide bonds. The van der Waals surface area contributed by atoms with Crippen molar-refractivity contribution in [2.24, 2.45) is 0 Å². The van der Waals surface area contributed by atoms with Crippen molar-refractivity contribution in [2.75, 3.05) is 6.54 Å². The molecule has 0 spiro atoms. The summed E-state index contributed by atoms with van der Waals surface area (Å²) in [7, 11) is -3.39. The molecule has 0 aliphatic rings. The first-order valence-electron chi connectivity index (χ1n) is 7.13. The maximum absolute atomic E-state index is 12.5. The van der Waals surface area contributed by atoms with Gasteiger partial charge in [-0.15, -0.1) is 0 Å². The minimum Gasteiger partial charge on any atom is -0.310 e. The van der Waals surface area contributed by atoms with Gasteiger partial charge in [-0.2, -0.15) is 4.31 Å². The predicted octanol–water partition coefficient (Wildman–Crippen LogP) is 2.60. The summed E-state index contributed by atoms with van der Waals surface area (Å²) in [6, 6.07) is 7.50. The molecule has 0 bridgehead atoms. The lowest BCUT2D eigenvalue weighted by molar-refractivity contribution is 0.369. The van der Waals surface area contributed by atoms with E-state index in [0.717, 1.165) is 12.1 Å². The molecule has 0 atom stereocenters. The highest BCUT2D eigenvalue weighted by molar-refractivity contribution is 7.89. The number of benzene rings is 1. The maximum atomic E-state index is 12.5. The second kappa shape index (κ2) is 7.20. The van der Waals surface area contributed by atoms with E-state index in [1.807, 2.05) is 32.9 Å². The van der Waals surface area contributed by atoms with Crippen LogP contribution in [0.1, 0.15) is 40.2 Å². The van der Waals surface area contributed by atoms with Crippen molar-refractivity contribution in [3.8, 4) is 0 Å². The van der Waals surface area contributed by atoms with Crippen molar-refractivity contribution in [1.82, 2.24) is 9.62 Å². The molecule has 0 aliphatic carbocycles. The van der Waals surface area contributed by atoms with Gasteiger partial charge >= 0.3 is 0 Å². The zero-order chi connectivity index (χ0) is 15.3. The molecule has 114 valence electrons. The molecule has 0 fully saturated rings. The quantitative estimate of drug-likeness (QED) is 0.842. The smallest absolute Gasteiger partial charge is 0.243 e. The van der Waals surface area contributed by atoms with Crippen LogP contribution in [0.5, 0.6) is 0 Å². The Hall–Kier alpha value is -0.910. The average molecular weight is 298 g/mol. The van der Waals surface area contributed by atoms with Crippen molar-refractivity contribution < 1.29 is 8.42 Å². The molecule has 0 aliphatic heterocycles. The molecule has 0 aromatic heterocycles. The minimum atomic E-state index is -3.39. The number of hydrogen-bond acceptors (Lipinski definition) is 3. The largest absolute Gasteiger partial charge is 0.310 e. The second-order valence-electron chi connectivity index (χ2n) is 5.48. The average Bonchev–Trinajstić information content (AvgIpc) is 2.36. The fraction of sp³-hybridized carbons (Fsp3) is 0.600. The summed E-state index contributed by atoms with van der Waals surface area (Å²) in [5.74, 6) is 0. The second-order valence-corrected chi connectivity index (χ2v) is 7.37. The number of rotatable bonds is 7. The van der Waals surface area contributed by atoms with Gasteiger partial charge in [-0.25, -0.2) is 8.42 Å². The highest BCUT2D eigenvalue weighted by atomic mass is 32.2. The Balaban J connectivity index is 2.92. The van der Waals surface area contributed by atoms with E-state index in [1.54, 1.807) is 12.1 Å². The van der Waals surface area contributed by atoms with Gasteiger partial charge in [0.05, 0.1) is 4.90 Å². The van der Waals surface area contributed by atoms with Gasteiger partial charge in [0.25, 0.3) is 0 Å². The minimum absolute atomic E-state index is 0.0349. The van der Waals surface area contributed by atoms with E-state index >= 15 is 0 Å². The first-order chi connectivity index (χ1) is 9.28. The van der Waals surface area contributed by atoms with E-state index < -0.39 is 10.0 Å². The van der Waals surface area contributed by atoms with Crippen LogP contribution in [0, 0.1) is 0 Å². The molecule has 1 aromatic rings. The summed E-state index contributed by atoms with van der Waals surface area (Å²) < 4.78 is 26.5. The third-order valence-electron chi connectivity index (χ3n) is 3.13. The van der Waals surface area contributed by atoms with Crippen LogP contribution in [-0.2, 0) is 16.6 Å². The van der Waals surface area contributed by atoms with Gasteiger partial charge in [0, 0.05) is 25.2 Å². The Morgan fingerprint density at radius 1 is 1.10 bits per heavy atom. The summed E-state index contributed by atoms with van der Waals surface area (Å²) in [6.07, 6.45) is 0. The van der Waals surface area contributed by atoms with Gasteiger partial charge in [-0.3, -0.25) is 0 Å². The topological polar surface area (TPSA) is 49.4 Å². The summed E-state index contributed by atoms with van der Waals surface area (Å²) in [4.78, 5) is 0.362. The Kier molecular flexibility index (Phi) is 6.17. The van der Waals surface area contributed by atoms with E-state index in [1.165, 1.54) is 4.31 Å². The van der Waals surface area contributed by atoms with Crippen molar-refractivity contribution in [2.45, 2.75) is 58.1 Å². The van der Waals surface area contributed by atoms with Crippen LogP contribution in [0.25, 0.3) is 0 Å². The van der Waals surface area contributed by atoms with E-state index in [9.17, 15) is 8.42 Å². The molecule has 1 N–H and O–H groups in total. The molecule has 0 saturated heterocycles. The highest BCUT2D eigenvalue weighted by Gasteiger charge is 2.25. The Morgan fingerprint density at radius 3 is 2.05 bits per heavy atom. The van der Waals surface area contributed by atoms with Gasteiger partial charge < -0.3 is 5.32 Å². The molecule has 0 unspecified atom stereocenters. The Morgan fingerprint density at radius 2 is 1.65 bits per heavy atom. The molecule has 20 heavy (non-hydrogen) atoms. The summed E-state index contributed by atoms with van der Waals surface area (Å²) >= 11 is 0. The van der Waals surface area contributed by atoms with Gasteiger partial charge in [-0.1, -0.05) is 32.9 Å². The van der Waals surface area contributed by atoms with Crippen LogP contribution in [0.4, 0.5) is 0 Å². The van der Waals surface area contributed by atoms with Gasteiger partial charge in [-0.05, 0) is 31.5 Å². The standard InChI is InChI=1S/C15H26N2O2S/c1-6-17(13(4)5)20(18,19)15-9-7-14(8-10-15)11-16-12(2)3/h7-10,12-13,16H,6,11H2,1-5H3. The van der Waals surface area contributed by atoms with Crippen molar-refractivity contribution in [1.29, 1.82) is 0 Å². The Bertz CT molecular complexity index is 507. The maximum Gasteiger partial charge on any atom is 0.243 e. The fourth-order valence-electron chi connectivity index (χ4n) is 2.05. The zero-order valence-corrected chi connectivity index (χ0v) is 13.9. The molecule has 0 heterocycles. The van der Waals surface area contributed by atoms with E-state index in [2.05, 4.69) is 19.2 Å². The Labute approximate surface area is 123 Å². The number of nitrogens with one attached hydrogen (secondary N) is 1. The van der Waals surface area contributed by atoms with Crippen LogP contribution < -0.4 is 5.32 Å². The summed E-state index contributed by atoms with van der Waals surface area (Å²) in [5.41, 5.74) is 1.09. The van der Waals surface area contributed by atoms with Crippen molar-refractivity contribution >= 4 is 10.0 Å². The first kappa shape index (κ1) is 17.1. The number of nitrogens with zero attached hydrogens (tertiary/aromatic N) is 1. The monoisotopic (exact) mass is 298 g/mol. The predicted molar refractivity (Wildman–Crippen MR) is 83.1 cm³/mol. The lowest BCUT2D eigenvalue weighted by atomic mass is 10.2. The van der Waals surface area contributed by atoms with Crippen LogP contribution in [0.15, 0.2) is 29.2 Å². The molecule has 0 saturated carbocycles. The molecule has 0 radical (unpaired) electrons. The molecular formula is C15H26N2O2S. The van der Waals surface area contributed by atoms with Crippen molar-refractivity contribution in [3.63, 3.8) is 0 Å². The first-order valence-corrected chi connectivity index (χ1v) is 8.57. The summed E-state index contributed by atoms with van der Waals surface area (Å²) in [6.45, 7) is 11.0. The third kappa shape index (κ3) is 4.30. The van der Waals surface area contributed by atoms with E-state index in [-0.39, 0.29) is 6.04 Å². The zero-order valence-electron chi connectivity index (χ0n) is 13.1. The van der Waals surface area contributed by atoms with Gasteiger partial charge in [0.2, 0.25) is 10.0 Å². The number of hydrogen-bond donors (Lipinski definition) is 1. The molecule has 5 heteroatoms. The lowest BCUT2D eigenvalue weighted by Crippen LogP contribution is -2.36. The van der Waals surface area contributed by atoms with Crippen LogP contribution in [0.3, 0.4) is 0 Å². The molecule has 1 aromatic carbocycles. The lowest BCUT2D eigenvalue weighted by Gasteiger charge is -2.24. The van der Waals surface area contributed by atoms with Crippen molar-refractivity contribution in [3.05, 3.63) is 29.8 Å². The highest BCUT2D eigenvalue weighted by Crippen LogP contribution is 2.18. The van der Waals surface area contributed by atoms with Gasteiger partial charge in [0.15, 0.2) is 0 Å². The molecular weight excluding hydrogens is 272 g/mol. The van der Waals surface area contributed by atoms with Gasteiger partial charge in [0.1, 0.15) is 0 Å². The normalized spacial score (nSPS) is 12.6. The van der Waals surface area contributed by atoms with Crippen LogP contribution in [-0.4, -0.2) is 31.4 Å². The third-order valence-corrected chi connectivity index (χ3v) is 5.30. The number of sulfonamides is 1.